The SMILES string of the molecule is CCCn1c(CC(=O)C(C)(C)C)nc2ccccc21. The van der Waals surface area contributed by atoms with Gasteiger partial charge < -0.3 is 4.57 Å². The van der Waals surface area contributed by atoms with Gasteiger partial charge in [0.2, 0.25) is 0 Å². The minimum Gasteiger partial charge on any atom is -0.328 e. The largest absolute Gasteiger partial charge is 0.328 e. The Labute approximate surface area is 114 Å². The van der Waals surface area contributed by atoms with Crippen LogP contribution in [0.3, 0.4) is 0 Å². The van der Waals surface area contributed by atoms with Gasteiger partial charge in [0, 0.05) is 12.0 Å². The van der Waals surface area contributed by atoms with Crippen LogP contribution in [0.2, 0.25) is 0 Å². The molecule has 0 spiro atoms. The summed E-state index contributed by atoms with van der Waals surface area (Å²) in [5.41, 5.74) is 1.79. The van der Waals surface area contributed by atoms with Crippen molar-refractivity contribution in [1.29, 1.82) is 0 Å². The van der Waals surface area contributed by atoms with Crippen LogP contribution in [0.5, 0.6) is 0 Å². The summed E-state index contributed by atoms with van der Waals surface area (Å²) < 4.78 is 2.18. The van der Waals surface area contributed by atoms with E-state index in [2.05, 4.69) is 22.5 Å². The lowest BCUT2D eigenvalue weighted by atomic mass is 9.89. The second-order valence-electron chi connectivity index (χ2n) is 6.02. The standard InChI is InChI=1S/C16H22N2O/c1-5-10-18-13-9-7-6-8-12(13)17-15(18)11-14(19)16(2,3)4/h6-9H,5,10-11H2,1-4H3. The molecule has 0 saturated heterocycles. The van der Waals surface area contributed by atoms with Crippen LogP contribution in [-0.4, -0.2) is 15.3 Å². The predicted molar refractivity (Wildman–Crippen MR) is 78.2 cm³/mol. The number of Topliss-reactive ketones (excluding diaryl/α,β-unsaturated/α-hetero) is 1. The van der Waals surface area contributed by atoms with Gasteiger partial charge in [0.25, 0.3) is 0 Å². The zero-order chi connectivity index (χ0) is 14.0. The molecular weight excluding hydrogens is 236 g/mol. The number of aromatic nitrogens is 2. The molecule has 2 rings (SSSR count). The van der Waals surface area contributed by atoms with E-state index < -0.39 is 0 Å². The summed E-state index contributed by atoms with van der Waals surface area (Å²) in [5, 5.41) is 0. The van der Waals surface area contributed by atoms with Crippen LogP contribution in [0.4, 0.5) is 0 Å². The average molecular weight is 258 g/mol. The fourth-order valence-electron chi connectivity index (χ4n) is 2.14. The van der Waals surface area contributed by atoms with Crippen molar-refractivity contribution in [3.05, 3.63) is 30.1 Å². The summed E-state index contributed by atoms with van der Waals surface area (Å²) in [7, 11) is 0. The Kier molecular flexibility index (Phi) is 3.74. The first-order valence-corrected chi connectivity index (χ1v) is 6.91. The second-order valence-corrected chi connectivity index (χ2v) is 6.02. The third kappa shape index (κ3) is 2.86. The van der Waals surface area contributed by atoms with E-state index in [1.165, 1.54) is 0 Å². The summed E-state index contributed by atoms with van der Waals surface area (Å²) in [5.74, 6) is 1.13. The molecule has 19 heavy (non-hydrogen) atoms. The Balaban J connectivity index is 2.42. The lowest BCUT2D eigenvalue weighted by Gasteiger charge is -2.16. The van der Waals surface area contributed by atoms with Gasteiger partial charge in [-0.15, -0.1) is 0 Å². The molecule has 102 valence electrons. The van der Waals surface area contributed by atoms with E-state index in [1.807, 2.05) is 39.0 Å². The molecule has 1 aromatic carbocycles. The normalized spacial score (nSPS) is 12.0. The van der Waals surface area contributed by atoms with Crippen molar-refractivity contribution < 1.29 is 4.79 Å². The topological polar surface area (TPSA) is 34.9 Å². The molecular formula is C16H22N2O. The van der Waals surface area contributed by atoms with Crippen molar-refractivity contribution in [2.45, 2.75) is 47.1 Å². The molecule has 0 amide bonds. The number of para-hydroxylation sites is 2. The van der Waals surface area contributed by atoms with E-state index in [-0.39, 0.29) is 11.2 Å². The van der Waals surface area contributed by atoms with Crippen molar-refractivity contribution in [2.75, 3.05) is 0 Å². The van der Waals surface area contributed by atoms with Crippen LogP contribution in [0, 0.1) is 5.41 Å². The molecule has 0 fully saturated rings. The Morgan fingerprint density at radius 3 is 2.58 bits per heavy atom. The molecule has 0 radical (unpaired) electrons. The number of rotatable bonds is 4. The molecule has 3 heteroatoms. The number of aryl methyl sites for hydroxylation is 1. The Hall–Kier alpha value is -1.64. The highest BCUT2D eigenvalue weighted by molar-refractivity contribution is 5.86. The van der Waals surface area contributed by atoms with Gasteiger partial charge in [0.05, 0.1) is 17.5 Å². The first-order valence-electron chi connectivity index (χ1n) is 6.91. The minimum absolute atomic E-state index is 0.236. The van der Waals surface area contributed by atoms with Gasteiger partial charge in [-0.1, -0.05) is 39.8 Å². The molecule has 0 N–H and O–H groups in total. The van der Waals surface area contributed by atoms with E-state index in [9.17, 15) is 4.79 Å². The summed E-state index contributed by atoms with van der Waals surface area (Å²) in [6, 6.07) is 8.09. The highest BCUT2D eigenvalue weighted by Crippen LogP contribution is 2.21. The fraction of sp³-hybridized carbons (Fsp3) is 0.500. The zero-order valence-corrected chi connectivity index (χ0v) is 12.2. The number of carbonyl (C=O) groups is 1. The smallest absolute Gasteiger partial charge is 0.145 e. The van der Waals surface area contributed by atoms with Crippen LogP contribution < -0.4 is 0 Å². The highest BCUT2D eigenvalue weighted by atomic mass is 16.1. The first-order chi connectivity index (χ1) is 8.93. The maximum atomic E-state index is 12.2. The van der Waals surface area contributed by atoms with Crippen LogP contribution in [-0.2, 0) is 17.8 Å². The highest BCUT2D eigenvalue weighted by Gasteiger charge is 2.23. The number of hydrogen-bond donors (Lipinski definition) is 0. The Morgan fingerprint density at radius 2 is 1.95 bits per heavy atom. The first kappa shape index (κ1) is 13.8. The van der Waals surface area contributed by atoms with Crippen molar-refractivity contribution in [1.82, 2.24) is 9.55 Å². The lowest BCUT2D eigenvalue weighted by Crippen LogP contribution is -2.23. The van der Waals surface area contributed by atoms with E-state index in [4.69, 9.17) is 0 Å². The molecule has 1 heterocycles. The summed E-state index contributed by atoms with van der Waals surface area (Å²) in [6.07, 6.45) is 1.45. The average Bonchev–Trinajstić information content (AvgIpc) is 2.67. The number of nitrogens with zero attached hydrogens (tertiary/aromatic N) is 2. The van der Waals surface area contributed by atoms with Gasteiger partial charge in [0.1, 0.15) is 11.6 Å². The Bertz CT molecular complexity index is 590. The third-order valence-electron chi connectivity index (χ3n) is 3.34. The molecule has 3 nitrogen and oxygen atoms in total. The predicted octanol–water partition coefficient (Wildman–Crippen LogP) is 3.60. The number of benzene rings is 1. The number of imidazole rings is 1. The lowest BCUT2D eigenvalue weighted by molar-refractivity contribution is -0.125. The Morgan fingerprint density at radius 1 is 1.26 bits per heavy atom. The van der Waals surface area contributed by atoms with Crippen molar-refractivity contribution in [3.8, 4) is 0 Å². The number of ketones is 1. The van der Waals surface area contributed by atoms with Crippen molar-refractivity contribution >= 4 is 16.8 Å². The molecule has 0 atom stereocenters. The number of carbonyl (C=O) groups excluding carboxylic acids is 1. The number of fused-ring (bicyclic) bond motifs is 1. The summed E-state index contributed by atoms with van der Waals surface area (Å²) in [6.45, 7) is 8.93. The van der Waals surface area contributed by atoms with Crippen molar-refractivity contribution in [2.24, 2.45) is 5.41 Å². The van der Waals surface area contributed by atoms with Crippen LogP contribution >= 0.6 is 0 Å². The molecule has 0 unspecified atom stereocenters. The molecule has 2 aromatic rings. The molecule has 1 aromatic heterocycles. The molecule has 0 saturated carbocycles. The molecule has 0 aliphatic carbocycles. The van der Waals surface area contributed by atoms with Gasteiger partial charge in [-0.05, 0) is 18.6 Å². The second kappa shape index (κ2) is 5.16. The third-order valence-corrected chi connectivity index (χ3v) is 3.34. The maximum Gasteiger partial charge on any atom is 0.145 e. The van der Waals surface area contributed by atoms with Gasteiger partial charge in [0.15, 0.2) is 0 Å². The van der Waals surface area contributed by atoms with E-state index in [1.54, 1.807) is 0 Å². The summed E-state index contributed by atoms with van der Waals surface area (Å²) >= 11 is 0. The van der Waals surface area contributed by atoms with E-state index in [0.29, 0.717) is 6.42 Å². The fourth-order valence-corrected chi connectivity index (χ4v) is 2.14. The number of hydrogen-bond acceptors (Lipinski definition) is 2. The van der Waals surface area contributed by atoms with Gasteiger partial charge in [-0.2, -0.15) is 0 Å². The maximum absolute atomic E-state index is 12.2. The van der Waals surface area contributed by atoms with E-state index in [0.717, 1.165) is 29.8 Å². The molecule has 0 bridgehead atoms. The van der Waals surface area contributed by atoms with Crippen molar-refractivity contribution in [3.63, 3.8) is 0 Å². The van der Waals surface area contributed by atoms with Gasteiger partial charge in [-0.25, -0.2) is 4.98 Å². The quantitative estimate of drug-likeness (QED) is 0.839. The molecule has 0 aliphatic heterocycles. The van der Waals surface area contributed by atoms with Crippen LogP contribution in [0.1, 0.15) is 39.9 Å². The zero-order valence-electron chi connectivity index (χ0n) is 12.2. The van der Waals surface area contributed by atoms with Crippen LogP contribution in [0.15, 0.2) is 24.3 Å². The van der Waals surface area contributed by atoms with Gasteiger partial charge >= 0.3 is 0 Å². The van der Waals surface area contributed by atoms with Crippen LogP contribution in [0.25, 0.3) is 11.0 Å². The minimum atomic E-state index is -0.310. The monoisotopic (exact) mass is 258 g/mol. The van der Waals surface area contributed by atoms with E-state index >= 15 is 0 Å². The van der Waals surface area contributed by atoms with Gasteiger partial charge in [-0.3, -0.25) is 4.79 Å². The molecule has 0 aliphatic rings. The summed E-state index contributed by atoms with van der Waals surface area (Å²) in [4.78, 5) is 16.8.